The highest BCUT2D eigenvalue weighted by Crippen LogP contribution is 2.40. The molecule has 7 heteroatoms. The molecule has 134 valence electrons. The average molecular weight is 377 g/mol. The molecule has 1 aliphatic carbocycles. The predicted molar refractivity (Wildman–Crippen MR) is 103 cm³/mol. The topological polar surface area (TPSA) is 49.3 Å². The van der Waals surface area contributed by atoms with Gasteiger partial charge in [-0.25, -0.2) is 9.97 Å². The molecule has 5 nitrogen and oxygen atoms in total. The third-order valence-corrected chi connectivity index (χ3v) is 7.38. The molecule has 0 saturated carbocycles. The first-order chi connectivity index (χ1) is 12.1. The number of amides is 1. The van der Waals surface area contributed by atoms with Crippen LogP contribution in [0.5, 0.6) is 0 Å². The van der Waals surface area contributed by atoms with Gasteiger partial charge in [-0.15, -0.1) is 11.3 Å². The molecule has 1 fully saturated rings. The minimum Gasteiger partial charge on any atom is -0.339 e. The summed E-state index contributed by atoms with van der Waals surface area (Å²) in [6, 6.07) is 0. The zero-order valence-corrected chi connectivity index (χ0v) is 16.5. The van der Waals surface area contributed by atoms with Crippen molar-refractivity contribution in [1.82, 2.24) is 19.8 Å². The Kier molecular flexibility index (Phi) is 4.97. The van der Waals surface area contributed by atoms with Gasteiger partial charge in [0.1, 0.15) is 16.2 Å². The van der Waals surface area contributed by atoms with Crippen LogP contribution in [0.25, 0.3) is 10.2 Å². The quantitative estimate of drug-likeness (QED) is 0.609. The summed E-state index contributed by atoms with van der Waals surface area (Å²) in [5.41, 5.74) is 1.44. The highest BCUT2D eigenvalue weighted by atomic mass is 32.2. The number of likely N-dealkylation sites (N-methyl/N-ethyl adjacent to an activating group) is 1. The molecular weight excluding hydrogens is 352 g/mol. The first-order valence-electron chi connectivity index (χ1n) is 8.96. The molecule has 1 saturated heterocycles. The Balaban J connectivity index is 1.51. The van der Waals surface area contributed by atoms with Crippen molar-refractivity contribution in [2.75, 3.05) is 39.0 Å². The summed E-state index contributed by atoms with van der Waals surface area (Å²) >= 11 is 3.40. The molecule has 2 aromatic heterocycles. The molecule has 1 atom stereocenters. The van der Waals surface area contributed by atoms with Gasteiger partial charge >= 0.3 is 0 Å². The van der Waals surface area contributed by atoms with Crippen molar-refractivity contribution in [3.8, 4) is 0 Å². The summed E-state index contributed by atoms with van der Waals surface area (Å²) in [6.45, 7) is 5.92. The molecule has 0 radical (unpaired) electrons. The molecule has 0 spiro atoms. The number of fused-ring (bicyclic) bond motifs is 3. The largest absolute Gasteiger partial charge is 0.339 e. The molecule has 0 N–H and O–H groups in total. The monoisotopic (exact) mass is 376 g/mol. The van der Waals surface area contributed by atoms with E-state index in [0.29, 0.717) is 5.75 Å². The second kappa shape index (κ2) is 7.21. The first kappa shape index (κ1) is 17.2. The van der Waals surface area contributed by atoms with Crippen LogP contribution < -0.4 is 0 Å². The molecule has 1 aliphatic heterocycles. The highest BCUT2D eigenvalue weighted by molar-refractivity contribution is 8.00. The average Bonchev–Trinajstić information content (AvgIpc) is 2.98. The molecule has 25 heavy (non-hydrogen) atoms. The van der Waals surface area contributed by atoms with E-state index in [1.165, 1.54) is 22.2 Å². The number of nitrogens with zero attached hydrogens (tertiary/aromatic N) is 4. The van der Waals surface area contributed by atoms with Crippen molar-refractivity contribution in [3.05, 3.63) is 16.8 Å². The van der Waals surface area contributed by atoms with Gasteiger partial charge in [-0.05, 0) is 37.8 Å². The molecule has 2 aliphatic rings. The summed E-state index contributed by atoms with van der Waals surface area (Å²) in [6.07, 6.45) is 5.15. The van der Waals surface area contributed by atoms with Crippen LogP contribution in [0.15, 0.2) is 11.4 Å². The SMILES string of the molecule is C[C@H]1CCc2c(sc3ncnc(SCC(=O)N4CCN(C)CC4)c23)C1. The lowest BCUT2D eigenvalue weighted by Gasteiger charge is -2.32. The van der Waals surface area contributed by atoms with Gasteiger partial charge in [0, 0.05) is 36.4 Å². The van der Waals surface area contributed by atoms with Crippen LogP contribution in [0.2, 0.25) is 0 Å². The van der Waals surface area contributed by atoms with Crippen LogP contribution in [0, 0.1) is 5.92 Å². The number of piperazine rings is 1. The van der Waals surface area contributed by atoms with Gasteiger partial charge in [0.25, 0.3) is 0 Å². The van der Waals surface area contributed by atoms with Crippen LogP contribution in [0.4, 0.5) is 0 Å². The number of hydrogen-bond donors (Lipinski definition) is 0. The lowest BCUT2D eigenvalue weighted by Crippen LogP contribution is -2.47. The summed E-state index contributed by atoms with van der Waals surface area (Å²) in [7, 11) is 2.11. The molecule has 2 aromatic rings. The summed E-state index contributed by atoms with van der Waals surface area (Å²) in [5, 5.41) is 2.20. The van der Waals surface area contributed by atoms with Gasteiger partial charge in [0.05, 0.1) is 5.75 Å². The maximum Gasteiger partial charge on any atom is 0.233 e. The number of carbonyl (C=O) groups is 1. The lowest BCUT2D eigenvalue weighted by molar-refractivity contribution is -0.129. The molecule has 3 heterocycles. The molecule has 4 rings (SSSR count). The van der Waals surface area contributed by atoms with E-state index in [9.17, 15) is 4.79 Å². The Morgan fingerprint density at radius 2 is 2.12 bits per heavy atom. The number of aryl methyl sites for hydroxylation is 1. The zero-order chi connectivity index (χ0) is 17.4. The molecular formula is C18H24N4OS2. The standard InChI is InChI=1S/C18H24N4OS2/c1-12-3-4-13-14(9-12)25-18-16(13)17(19-11-20-18)24-10-15(23)22-7-5-21(2)6-8-22/h11-12H,3-10H2,1-2H3/t12-/m0/s1. The van der Waals surface area contributed by atoms with Crippen LogP contribution in [0.3, 0.4) is 0 Å². The second-order valence-corrected chi connectivity index (χ2v) is 9.23. The smallest absolute Gasteiger partial charge is 0.233 e. The number of thiophene rings is 1. The van der Waals surface area contributed by atoms with Gasteiger partial charge in [0.15, 0.2) is 0 Å². The number of thioether (sulfide) groups is 1. The number of aromatic nitrogens is 2. The third kappa shape index (κ3) is 3.55. The van der Waals surface area contributed by atoms with Gasteiger partial charge < -0.3 is 9.80 Å². The molecule has 0 unspecified atom stereocenters. The van der Waals surface area contributed by atoms with E-state index in [-0.39, 0.29) is 5.91 Å². The van der Waals surface area contributed by atoms with E-state index in [4.69, 9.17) is 0 Å². The highest BCUT2D eigenvalue weighted by Gasteiger charge is 2.24. The van der Waals surface area contributed by atoms with E-state index in [2.05, 4.69) is 28.8 Å². The molecule has 1 amide bonds. The summed E-state index contributed by atoms with van der Waals surface area (Å²) in [4.78, 5) is 28.3. The van der Waals surface area contributed by atoms with Crippen molar-refractivity contribution in [1.29, 1.82) is 0 Å². The normalized spacial score (nSPS) is 21.5. The van der Waals surface area contributed by atoms with Gasteiger partial charge in [0.2, 0.25) is 5.91 Å². The number of carbonyl (C=O) groups excluding carboxylic acids is 1. The summed E-state index contributed by atoms with van der Waals surface area (Å²) < 4.78 is 0. The maximum absolute atomic E-state index is 12.5. The minimum absolute atomic E-state index is 0.225. The number of hydrogen-bond acceptors (Lipinski definition) is 6. The van der Waals surface area contributed by atoms with Crippen LogP contribution in [-0.2, 0) is 17.6 Å². The third-order valence-electron chi connectivity index (χ3n) is 5.25. The van der Waals surface area contributed by atoms with Crippen molar-refractivity contribution in [2.24, 2.45) is 5.92 Å². The fourth-order valence-electron chi connectivity index (χ4n) is 3.63. The Morgan fingerprint density at radius 1 is 1.32 bits per heavy atom. The van der Waals surface area contributed by atoms with Gasteiger partial charge in [-0.1, -0.05) is 18.7 Å². The zero-order valence-electron chi connectivity index (χ0n) is 14.8. The van der Waals surface area contributed by atoms with Crippen molar-refractivity contribution in [2.45, 2.75) is 31.2 Å². The Hall–Kier alpha value is -1.18. The fraction of sp³-hybridized carbons (Fsp3) is 0.611. The van der Waals surface area contributed by atoms with E-state index in [0.717, 1.165) is 54.8 Å². The van der Waals surface area contributed by atoms with Crippen molar-refractivity contribution < 1.29 is 4.79 Å². The van der Waals surface area contributed by atoms with Crippen molar-refractivity contribution in [3.63, 3.8) is 0 Å². The summed E-state index contributed by atoms with van der Waals surface area (Å²) in [5.74, 6) is 1.45. The Bertz CT molecular complexity index is 783. The Morgan fingerprint density at radius 3 is 2.92 bits per heavy atom. The van der Waals surface area contributed by atoms with Gasteiger partial charge in [-0.2, -0.15) is 0 Å². The number of rotatable bonds is 3. The Labute approximate surface area is 156 Å². The second-order valence-electron chi connectivity index (χ2n) is 7.18. The van der Waals surface area contributed by atoms with Crippen LogP contribution in [-0.4, -0.2) is 64.7 Å². The first-order valence-corrected chi connectivity index (χ1v) is 10.8. The molecule has 0 bridgehead atoms. The maximum atomic E-state index is 12.5. The van der Waals surface area contributed by atoms with E-state index >= 15 is 0 Å². The van der Waals surface area contributed by atoms with E-state index in [1.54, 1.807) is 18.1 Å². The van der Waals surface area contributed by atoms with Gasteiger partial charge in [-0.3, -0.25) is 4.79 Å². The molecule has 0 aromatic carbocycles. The van der Waals surface area contributed by atoms with E-state index < -0.39 is 0 Å². The van der Waals surface area contributed by atoms with Crippen LogP contribution >= 0.6 is 23.1 Å². The minimum atomic E-state index is 0.225. The lowest BCUT2D eigenvalue weighted by atomic mass is 9.89. The van der Waals surface area contributed by atoms with Crippen molar-refractivity contribution >= 4 is 39.2 Å². The van der Waals surface area contributed by atoms with E-state index in [1.807, 2.05) is 16.2 Å². The predicted octanol–water partition coefficient (Wildman–Crippen LogP) is 2.68. The fourth-order valence-corrected chi connectivity index (χ4v) is 5.98. The van der Waals surface area contributed by atoms with Crippen LogP contribution in [0.1, 0.15) is 23.8 Å².